The number of rotatable bonds is 8. The second-order valence-electron chi connectivity index (χ2n) is 9.41. The summed E-state index contributed by atoms with van der Waals surface area (Å²) in [6, 6.07) is 11.3. The average Bonchev–Trinajstić information content (AvgIpc) is 3.33. The predicted octanol–water partition coefficient (Wildman–Crippen LogP) is 1.19. The van der Waals surface area contributed by atoms with Gasteiger partial charge in [-0.05, 0) is 20.3 Å². The summed E-state index contributed by atoms with van der Waals surface area (Å²) in [6.07, 6.45) is -0.776. The third kappa shape index (κ3) is 5.95. The first-order valence-corrected chi connectivity index (χ1v) is 13.1. The largest absolute Gasteiger partial charge is 0.479 e. The highest BCUT2D eigenvalue weighted by Crippen LogP contribution is 2.21. The van der Waals surface area contributed by atoms with E-state index in [1.165, 1.54) is 28.9 Å². The summed E-state index contributed by atoms with van der Waals surface area (Å²) < 4.78 is 6.13. The number of carbonyl (C=O) groups excluding carboxylic acids is 3. The SMILES string of the molecule is CCOC(=O)N1CCN(C(=O)C(CC)(NC(=O)c2cc(-n3[nH]c(C)cc3=O)nc(-c3ccccc3)n2)C(=O)O)CC1. The fourth-order valence-electron chi connectivity index (χ4n) is 4.49. The Morgan fingerprint density at radius 2 is 1.68 bits per heavy atom. The first-order valence-electron chi connectivity index (χ1n) is 13.1. The fraction of sp³-hybridized carbons (Fsp3) is 0.370. The molecule has 0 bridgehead atoms. The van der Waals surface area contributed by atoms with Crippen molar-refractivity contribution in [2.75, 3.05) is 32.8 Å². The van der Waals surface area contributed by atoms with Gasteiger partial charge in [0.25, 0.3) is 17.4 Å². The van der Waals surface area contributed by atoms with Gasteiger partial charge in [-0.2, -0.15) is 0 Å². The zero-order valence-electron chi connectivity index (χ0n) is 22.9. The van der Waals surface area contributed by atoms with E-state index in [2.05, 4.69) is 20.4 Å². The van der Waals surface area contributed by atoms with Gasteiger partial charge in [-0.15, -0.1) is 0 Å². The van der Waals surface area contributed by atoms with E-state index in [-0.39, 0.29) is 56.5 Å². The number of nitrogens with one attached hydrogen (secondary N) is 2. The molecule has 41 heavy (non-hydrogen) atoms. The monoisotopic (exact) mass is 565 g/mol. The Labute approximate surface area is 234 Å². The van der Waals surface area contributed by atoms with E-state index < -0.39 is 35.0 Å². The lowest BCUT2D eigenvalue weighted by Gasteiger charge is -2.38. The molecule has 4 rings (SSSR count). The summed E-state index contributed by atoms with van der Waals surface area (Å²) in [6.45, 7) is 5.48. The third-order valence-electron chi connectivity index (χ3n) is 6.74. The number of hydrogen-bond donors (Lipinski definition) is 3. The molecule has 2 aromatic heterocycles. The highest BCUT2D eigenvalue weighted by atomic mass is 16.6. The molecule has 0 aliphatic carbocycles. The minimum atomic E-state index is -2.30. The van der Waals surface area contributed by atoms with Gasteiger partial charge in [0.1, 0.15) is 5.69 Å². The molecule has 0 saturated carbocycles. The number of benzene rings is 1. The standard InChI is InChI=1S/C27H31N7O7/c1-4-27(25(38)39,24(37)32-11-13-33(14-12-32)26(40)41-5-2)30-23(36)19-16-20(34-21(35)15-17(3)31-34)29-22(28-19)18-9-7-6-8-10-18/h6-10,15-16,31H,4-5,11-14H2,1-3H3,(H,30,36)(H,38,39). The number of aryl methyl sites for hydroxylation is 1. The molecule has 0 radical (unpaired) electrons. The molecule has 1 fully saturated rings. The van der Waals surface area contributed by atoms with Crippen LogP contribution in [0.3, 0.4) is 0 Å². The number of carboxylic acids is 1. The van der Waals surface area contributed by atoms with Crippen LogP contribution >= 0.6 is 0 Å². The number of hydrogen-bond acceptors (Lipinski definition) is 8. The summed E-state index contributed by atoms with van der Waals surface area (Å²) in [5.41, 5.74) is -1.86. The van der Waals surface area contributed by atoms with Gasteiger partial charge >= 0.3 is 12.1 Å². The van der Waals surface area contributed by atoms with Crippen LogP contribution in [0.5, 0.6) is 0 Å². The van der Waals surface area contributed by atoms with E-state index in [1.54, 1.807) is 44.2 Å². The Bertz CT molecular complexity index is 1510. The molecular weight excluding hydrogens is 534 g/mol. The van der Waals surface area contributed by atoms with Crippen molar-refractivity contribution in [1.29, 1.82) is 0 Å². The Kier molecular flexibility index (Phi) is 8.50. The Morgan fingerprint density at radius 1 is 1.02 bits per heavy atom. The molecule has 1 saturated heterocycles. The number of nitrogens with zero attached hydrogens (tertiary/aromatic N) is 5. The van der Waals surface area contributed by atoms with Gasteiger partial charge in [0.15, 0.2) is 11.6 Å². The molecule has 1 aromatic carbocycles. The molecule has 216 valence electrons. The van der Waals surface area contributed by atoms with Gasteiger partial charge < -0.3 is 25.0 Å². The van der Waals surface area contributed by atoms with Crippen LogP contribution in [0.4, 0.5) is 4.79 Å². The zero-order valence-corrected chi connectivity index (χ0v) is 22.9. The van der Waals surface area contributed by atoms with Crippen molar-refractivity contribution in [3.05, 3.63) is 64.2 Å². The first kappa shape index (κ1) is 29.0. The van der Waals surface area contributed by atoms with Gasteiger partial charge in [-0.3, -0.25) is 19.5 Å². The maximum Gasteiger partial charge on any atom is 0.409 e. The van der Waals surface area contributed by atoms with Crippen LogP contribution in [0.2, 0.25) is 0 Å². The lowest BCUT2D eigenvalue weighted by Crippen LogP contribution is -2.66. The Hall–Kier alpha value is -5.01. The van der Waals surface area contributed by atoms with E-state index >= 15 is 0 Å². The van der Waals surface area contributed by atoms with Crippen LogP contribution in [-0.4, -0.2) is 96.9 Å². The number of H-pyrrole nitrogens is 1. The number of aliphatic carboxylic acids is 1. The quantitative estimate of drug-likeness (QED) is 0.338. The molecule has 14 nitrogen and oxygen atoms in total. The summed E-state index contributed by atoms with van der Waals surface area (Å²) >= 11 is 0. The van der Waals surface area contributed by atoms with Gasteiger partial charge in [-0.1, -0.05) is 37.3 Å². The highest BCUT2D eigenvalue weighted by Gasteiger charge is 2.49. The minimum Gasteiger partial charge on any atom is -0.479 e. The van der Waals surface area contributed by atoms with Crippen LogP contribution in [-0.2, 0) is 14.3 Å². The molecule has 1 aliphatic rings. The van der Waals surface area contributed by atoms with Crippen molar-refractivity contribution in [2.24, 2.45) is 0 Å². The van der Waals surface area contributed by atoms with Crippen molar-refractivity contribution >= 4 is 23.9 Å². The number of amides is 3. The van der Waals surface area contributed by atoms with E-state index in [0.717, 1.165) is 4.68 Å². The summed E-state index contributed by atoms with van der Waals surface area (Å²) in [7, 11) is 0. The fourth-order valence-corrected chi connectivity index (χ4v) is 4.49. The maximum absolute atomic E-state index is 13.6. The lowest BCUT2D eigenvalue weighted by molar-refractivity contribution is -0.156. The summed E-state index contributed by atoms with van der Waals surface area (Å²) in [5, 5.41) is 15.5. The van der Waals surface area contributed by atoms with Crippen molar-refractivity contribution in [3.63, 3.8) is 0 Å². The average molecular weight is 566 g/mol. The lowest BCUT2D eigenvalue weighted by atomic mass is 9.93. The van der Waals surface area contributed by atoms with Crippen LogP contribution < -0.4 is 10.9 Å². The Morgan fingerprint density at radius 3 is 2.24 bits per heavy atom. The van der Waals surface area contributed by atoms with Gasteiger partial charge in [0.05, 0.1) is 6.61 Å². The molecular formula is C27H31N7O7. The minimum absolute atomic E-state index is 0.0564. The molecule has 3 aromatic rings. The molecule has 3 heterocycles. The molecule has 1 atom stereocenters. The summed E-state index contributed by atoms with van der Waals surface area (Å²) in [4.78, 5) is 75.8. The summed E-state index contributed by atoms with van der Waals surface area (Å²) in [5.74, 6) is -3.13. The van der Waals surface area contributed by atoms with E-state index in [1.807, 2.05) is 0 Å². The second kappa shape index (κ2) is 12.0. The van der Waals surface area contributed by atoms with Crippen molar-refractivity contribution in [1.82, 2.24) is 34.9 Å². The van der Waals surface area contributed by atoms with Gasteiger partial charge in [-0.25, -0.2) is 24.2 Å². The van der Waals surface area contributed by atoms with Crippen molar-refractivity contribution < 1.29 is 29.0 Å². The number of carbonyl (C=O) groups is 4. The number of piperazine rings is 1. The van der Waals surface area contributed by atoms with E-state index in [9.17, 15) is 29.1 Å². The molecule has 0 spiro atoms. The van der Waals surface area contributed by atoms with Crippen LogP contribution in [0.15, 0.2) is 47.3 Å². The molecule has 3 amide bonds. The molecule has 14 heteroatoms. The molecule has 1 unspecified atom stereocenters. The van der Waals surface area contributed by atoms with Crippen LogP contribution in [0, 0.1) is 6.92 Å². The van der Waals surface area contributed by atoms with Crippen molar-refractivity contribution in [3.8, 4) is 17.2 Å². The second-order valence-corrected chi connectivity index (χ2v) is 9.41. The number of aromatic amines is 1. The maximum atomic E-state index is 13.6. The predicted molar refractivity (Wildman–Crippen MR) is 145 cm³/mol. The molecule has 3 N–H and O–H groups in total. The topological polar surface area (TPSA) is 180 Å². The third-order valence-corrected chi connectivity index (χ3v) is 6.74. The first-order chi connectivity index (χ1) is 19.6. The Balaban J connectivity index is 1.66. The smallest absolute Gasteiger partial charge is 0.409 e. The molecule has 1 aliphatic heterocycles. The normalized spacial score (nSPS) is 14.7. The van der Waals surface area contributed by atoms with Gasteiger partial charge in [0, 0.05) is 49.6 Å². The van der Waals surface area contributed by atoms with Crippen LogP contribution in [0.1, 0.15) is 36.5 Å². The van der Waals surface area contributed by atoms with E-state index in [0.29, 0.717) is 11.3 Å². The van der Waals surface area contributed by atoms with Gasteiger partial charge in [0.2, 0.25) is 5.54 Å². The van der Waals surface area contributed by atoms with Crippen LogP contribution in [0.25, 0.3) is 17.2 Å². The number of aromatic nitrogens is 4. The number of ether oxygens (including phenoxy) is 1. The van der Waals surface area contributed by atoms with E-state index in [4.69, 9.17) is 4.74 Å². The van der Waals surface area contributed by atoms with Crippen molar-refractivity contribution in [2.45, 2.75) is 32.7 Å². The number of carboxylic acid groups (broad SMARTS) is 1. The highest BCUT2D eigenvalue weighted by molar-refractivity contribution is 6.11. The zero-order chi connectivity index (χ0) is 29.7.